The van der Waals surface area contributed by atoms with Crippen molar-refractivity contribution in [1.29, 1.82) is 0 Å². The van der Waals surface area contributed by atoms with Gasteiger partial charge in [0.2, 0.25) is 0 Å². The van der Waals surface area contributed by atoms with Crippen LogP contribution in [0.3, 0.4) is 0 Å². The zero-order chi connectivity index (χ0) is 11.5. The monoisotopic (exact) mass is 336 g/mol. The highest BCUT2D eigenvalue weighted by molar-refractivity contribution is 9.09. The number of alkyl halides is 2. The van der Waals surface area contributed by atoms with Crippen molar-refractivity contribution < 1.29 is 4.39 Å². The van der Waals surface area contributed by atoms with Gasteiger partial charge >= 0.3 is 0 Å². The minimum atomic E-state index is -0.157. The van der Waals surface area contributed by atoms with Crippen molar-refractivity contribution in [3.05, 3.63) is 35.1 Å². The summed E-state index contributed by atoms with van der Waals surface area (Å²) in [4.78, 5) is 0. The number of benzene rings is 1. The van der Waals surface area contributed by atoms with E-state index in [4.69, 9.17) is 0 Å². The molecule has 0 spiro atoms. The van der Waals surface area contributed by atoms with E-state index in [2.05, 4.69) is 38.8 Å². The quantitative estimate of drug-likeness (QED) is 0.711. The summed E-state index contributed by atoms with van der Waals surface area (Å²) in [5.74, 6) is -0.157. The first kappa shape index (κ1) is 13.2. The van der Waals surface area contributed by atoms with Gasteiger partial charge in [-0.15, -0.1) is 0 Å². The zero-order valence-electron chi connectivity index (χ0n) is 8.99. The Balaban J connectivity index is 2.89. The van der Waals surface area contributed by atoms with Crippen molar-refractivity contribution in [2.75, 3.05) is 10.7 Å². The van der Waals surface area contributed by atoms with Gasteiger partial charge < -0.3 is 0 Å². The van der Waals surface area contributed by atoms with Crippen LogP contribution in [-0.2, 0) is 6.42 Å². The Morgan fingerprint density at radius 3 is 2.33 bits per heavy atom. The van der Waals surface area contributed by atoms with Gasteiger partial charge in [-0.3, -0.25) is 0 Å². The van der Waals surface area contributed by atoms with Crippen molar-refractivity contribution in [1.82, 2.24) is 0 Å². The summed E-state index contributed by atoms with van der Waals surface area (Å²) in [6.07, 6.45) is 0.954. The lowest BCUT2D eigenvalue weighted by Crippen LogP contribution is -2.23. The van der Waals surface area contributed by atoms with E-state index >= 15 is 0 Å². The molecule has 0 nitrogen and oxygen atoms in total. The van der Waals surface area contributed by atoms with Crippen LogP contribution in [0, 0.1) is 18.2 Å². The van der Waals surface area contributed by atoms with Gasteiger partial charge in [0.15, 0.2) is 0 Å². The van der Waals surface area contributed by atoms with Gasteiger partial charge in [-0.1, -0.05) is 44.8 Å². The molecule has 0 amide bonds. The molecule has 84 valence electrons. The van der Waals surface area contributed by atoms with Crippen LogP contribution in [0.15, 0.2) is 18.2 Å². The maximum absolute atomic E-state index is 12.9. The van der Waals surface area contributed by atoms with Gasteiger partial charge in [0.1, 0.15) is 5.82 Å². The fraction of sp³-hybridized carbons (Fsp3) is 0.500. The van der Waals surface area contributed by atoms with Crippen LogP contribution in [0.4, 0.5) is 4.39 Å². The van der Waals surface area contributed by atoms with Crippen LogP contribution in [0.1, 0.15) is 18.1 Å². The third-order valence-corrected chi connectivity index (χ3v) is 5.27. The van der Waals surface area contributed by atoms with Crippen molar-refractivity contribution in [2.24, 2.45) is 5.41 Å². The van der Waals surface area contributed by atoms with E-state index in [-0.39, 0.29) is 11.2 Å². The molecular formula is C12H15Br2F. The summed E-state index contributed by atoms with van der Waals surface area (Å²) in [6.45, 7) is 4.17. The lowest BCUT2D eigenvalue weighted by molar-refractivity contribution is 0.437. The topological polar surface area (TPSA) is 0 Å². The summed E-state index contributed by atoms with van der Waals surface area (Å²) in [7, 11) is 0. The van der Waals surface area contributed by atoms with E-state index in [9.17, 15) is 4.39 Å². The summed E-state index contributed by atoms with van der Waals surface area (Å²) in [6, 6.07) is 5.01. The van der Waals surface area contributed by atoms with E-state index in [1.807, 2.05) is 13.0 Å². The fourth-order valence-electron chi connectivity index (χ4n) is 1.45. The van der Waals surface area contributed by atoms with Gasteiger partial charge in [0.25, 0.3) is 0 Å². The average molecular weight is 338 g/mol. The van der Waals surface area contributed by atoms with Gasteiger partial charge in [0, 0.05) is 10.7 Å². The predicted molar refractivity (Wildman–Crippen MR) is 70.5 cm³/mol. The molecule has 0 heterocycles. The summed E-state index contributed by atoms with van der Waals surface area (Å²) in [5.41, 5.74) is 2.43. The molecule has 0 N–H and O–H groups in total. The van der Waals surface area contributed by atoms with E-state index in [1.54, 1.807) is 6.07 Å². The highest BCUT2D eigenvalue weighted by atomic mass is 79.9. The largest absolute Gasteiger partial charge is 0.207 e. The standard InChI is InChI=1S/C12H15Br2F/c1-9-5-11(15)4-3-10(9)6-12(2,7-13)8-14/h3-5H,6-8H2,1-2H3. The zero-order valence-corrected chi connectivity index (χ0v) is 12.2. The molecule has 0 bridgehead atoms. The molecule has 0 fully saturated rings. The second-order valence-electron chi connectivity index (χ2n) is 4.33. The Morgan fingerprint density at radius 2 is 1.87 bits per heavy atom. The Kier molecular flexibility index (Phi) is 4.78. The molecule has 1 rings (SSSR count). The SMILES string of the molecule is Cc1cc(F)ccc1CC(C)(CBr)CBr. The second kappa shape index (κ2) is 5.44. The first-order valence-corrected chi connectivity index (χ1v) is 7.12. The molecule has 0 aromatic heterocycles. The Labute approximate surface area is 108 Å². The predicted octanol–water partition coefficient (Wildman–Crippen LogP) is 4.47. The smallest absolute Gasteiger partial charge is 0.123 e. The maximum atomic E-state index is 12.9. The molecule has 0 saturated carbocycles. The van der Waals surface area contributed by atoms with E-state index in [0.717, 1.165) is 22.6 Å². The van der Waals surface area contributed by atoms with E-state index in [0.29, 0.717) is 0 Å². The first-order valence-electron chi connectivity index (χ1n) is 4.88. The number of hydrogen-bond acceptors (Lipinski definition) is 0. The lowest BCUT2D eigenvalue weighted by atomic mass is 9.86. The molecule has 0 atom stereocenters. The third kappa shape index (κ3) is 3.56. The number of rotatable bonds is 4. The van der Waals surface area contributed by atoms with E-state index < -0.39 is 0 Å². The molecule has 0 saturated heterocycles. The highest BCUT2D eigenvalue weighted by Crippen LogP contribution is 2.28. The van der Waals surface area contributed by atoms with Crippen molar-refractivity contribution in [3.8, 4) is 0 Å². The molecule has 0 aliphatic heterocycles. The maximum Gasteiger partial charge on any atom is 0.123 e. The van der Waals surface area contributed by atoms with Crippen LogP contribution >= 0.6 is 31.9 Å². The molecule has 0 aliphatic rings. The fourth-order valence-corrected chi connectivity index (χ4v) is 2.77. The molecule has 0 unspecified atom stereocenters. The number of hydrogen-bond donors (Lipinski definition) is 0. The van der Waals surface area contributed by atoms with Crippen molar-refractivity contribution in [3.63, 3.8) is 0 Å². The summed E-state index contributed by atoms with van der Waals surface area (Å²) in [5, 5.41) is 1.87. The second-order valence-corrected chi connectivity index (χ2v) is 5.45. The van der Waals surface area contributed by atoms with E-state index in [1.165, 1.54) is 11.6 Å². The minimum absolute atomic E-state index is 0.157. The lowest BCUT2D eigenvalue weighted by Gasteiger charge is -2.25. The Hall–Kier alpha value is 0.110. The van der Waals surface area contributed by atoms with Crippen LogP contribution in [-0.4, -0.2) is 10.7 Å². The summed E-state index contributed by atoms with van der Waals surface area (Å²) < 4.78 is 12.9. The van der Waals surface area contributed by atoms with Crippen LogP contribution < -0.4 is 0 Å². The minimum Gasteiger partial charge on any atom is -0.207 e. The Bertz CT molecular complexity index is 332. The molecule has 1 aromatic rings. The Morgan fingerprint density at radius 1 is 1.27 bits per heavy atom. The molecule has 15 heavy (non-hydrogen) atoms. The third-order valence-electron chi connectivity index (χ3n) is 2.57. The van der Waals surface area contributed by atoms with Gasteiger partial charge in [-0.25, -0.2) is 4.39 Å². The molecular weight excluding hydrogens is 323 g/mol. The van der Waals surface area contributed by atoms with Gasteiger partial charge in [-0.05, 0) is 42.0 Å². The highest BCUT2D eigenvalue weighted by Gasteiger charge is 2.22. The molecule has 0 aliphatic carbocycles. The first-order chi connectivity index (χ1) is 7.00. The normalized spacial score (nSPS) is 11.8. The molecule has 0 radical (unpaired) electrons. The van der Waals surface area contributed by atoms with Crippen molar-refractivity contribution >= 4 is 31.9 Å². The van der Waals surface area contributed by atoms with Crippen LogP contribution in [0.5, 0.6) is 0 Å². The van der Waals surface area contributed by atoms with Crippen LogP contribution in [0.25, 0.3) is 0 Å². The van der Waals surface area contributed by atoms with Crippen molar-refractivity contribution in [2.45, 2.75) is 20.3 Å². The molecule has 1 aromatic carbocycles. The number of aryl methyl sites for hydroxylation is 1. The average Bonchev–Trinajstić information content (AvgIpc) is 2.22. The van der Waals surface area contributed by atoms with Crippen LogP contribution in [0.2, 0.25) is 0 Å². The van der Waals surface area contributed by atoms with Gasteiger partial charge in [-0.2, -0.15) is 0 Å². The summed E-state index contributed by atoms with van der Waals surface area (Å²) >= 11 is 7.05. The number of halogens is 3. The molecule has 3 heteroatoms. The van der Waals surface area contributed by atoms with Gasteiger partial charge in [0.05, 0.1) is 0 Å².